The summed E-state index contributed by atoms with van der Waals surface area (Å²) in [6.07, 6.45) is 1.40. The van der Waals surface area contributed by atoms with Crippen LogP contribution in [0.4, 0.5) is 4.79 Å². The number of ether oxygens (including phenoxy) is 1. The van der Waals surface area contributed by atoms with E-state index in [2.05, 4.69) is 10.6 Å². The van der Waals surface area contributed by atoms with Gasteiger partial charge in [-0.25, -0.2) is 4.79 Å². The van der Waals surface area contributed by atoms with Gasteiger partial charge >= 0.3 is 6.09 Å². The number of nitrogens with one attached hydrogen (secondary N) is 2. The van der Waals surface area contributed by atoms with Crippen LogP contribution in [0.2, 0.25) is 0 Å². The molecular weight excluding hydrogens is 268 g/mol. The molecule has 1 fully saturated rings. The van der Waals surface area contributed by atoms with E-state index in [0.717, 1.165) is 18.4 Å². The van der Waals surface area contributed by atoms with Gasteiger partial charge in [0.2, 0.25) is 5.91 Å². The van der Waals surface area contributed by atoms with E-state index in [1.165, 1.54) is 0 Å². The van der Waals surface area contributed by atoms with Crippen LogP contribution in [0.3, 0.4) is 0 Å². The van der Waals surface area contributed by atoms with Crippen LogP contribution in [0.1, 0.15) is 45.2 Å². The third kappa shape index (κ3) is 5.10. The van der Waals surface area contributed by atoms with Crippen molar-refractivity contribution in [1.29, 1.82) is 0 Å². The first-order valence-corrected chi connectivity index (χ1v) is 7.20. The fourth-order valence-corrected chi connectivity index (χ4v) is 1.88. The maximum atomic E-state index is 12.3. The van der Waals surface area contributed by atoms with Crippen LogP contribution in [0.5, 0.6) is 0 Å². The lowest BCUT2D eigenvalue weighted by molar-refractivity contribution is -0.123. The van der Waals surface area contributed by atoms with Crippen molar-refractivity contribution in [3.63, 3.8) is 0 Å². The highest BCUT2D eigenvalue weighted by Crippen LogP contribution is 2.21. The summed E-state index contributed by atoms with van der Waals surface area (Å²) in [5.41, 5.74) is 0.139. The standard InChI is InChI=1S/C16H22N2O3/c1-16(2,3)21-15(20)18-13(11-7-5-4-6-8-11)14(19)17-12-9-10-12/h4-8,12-13H,9-10H2,1-3H3,(H,17,19)(H,18,20). The van der Waals surface area contributed by atoms with Crippen LogP contribution >= 0.6 is 0 Å². The summed E-state index contributed by atoms with van der Waals surface area (Å²) in [5, 5.41) is 5.56. The summed E-state index contributed by atoms with van der Waals surface area (Å²) in [5.74, 6) is -0.199. The molecule has 1 aromatic rings. The third-order valence-electron chi connectivity index (χ3n) is 2.98. The normalized spacial score (nSPS) is 16.0. The molecule has 1 aromatic carbocycles. The SMILES string of the molecule is CC(C)(C)OC(=O)NC(C(=O)NC1CC1)c1ccccc1. The van der Waals surface area contributed by atoms with Crippen LogP contribution in [0.15, 0.2) is 30.3 Å². The minimum absolute atomic E-state index is 0.199. The van der Waals surface area contributed by atoms with Gasteiger partial charge in [-0.05, 0) is 39.2 Å². The van der Waals surface area contributed by atoms with Crippen molar-refractivity contribution in [2.75, 3.05) is 0 Å². The van der Waals surface area contributed by atoms with E-state index in [0.29, 0.717) is 0 Å². The quantitative estimate of drug-likeness (QED) is 0.895. The molecule has 1 unspecified atom stereocenters. The van der Waals surface area contributed by atoms with Gasteiger partial charge < -0.3 is 15.4 Å². The molecular formula is C16H22N2O3. The number of carbonyl (C=O) groups excluding carboxylic acids is 2. The smallest absolute Gasteiger partial charge is 0.408 e. The zero-order valence-electron chi connectivity index (χ0n) is 12.7. The Bertz CT molecular complexity index is 504. The Morgan fingerprint density at radius 3 is 2.33 bits per heavy atom. The lowest BCUT2D eigenvalue weighted by Crippen LogP contribution is -2.43. The highest BCUT2D eigenvalue weighted by Gasteiger charge is 2.30. The van der Waals surface area contributed by atoms with Crippen molar-refractivity contribution in [3.8, 4) is 0 Å². The fourth-order valence-electron chi connectivity index (χ4n) is 1.88. The lowest BCUT2D eigenvalue weighted by Gasteiger charge is -2.23. The van der Waals surface area contributed by atoms with Crippen LogP contribution in [0.25, 0.3) is 0 Å². The summed E-state index contributed by atoms with van der Waals surface area (Å²) >= 11 is 0. The topological polar surface area (TPSA) is 67.4 Å². The maximum Gasteiger partial charge on any atom is 0.408 e. The highest BCUT2D eigenvalue weighted by atomic mass is 16.6. The molecule has 2 N–H and O–H groups in total. The second-order valence-electron chi connectivity index (χ2n) is 6.27. The first-order chi connectivity index (χ1) is 9.85. The summed E-state index contributed by atoms with van der Waals surface area (Å²) in [6.45, 7) is 5.36. The molecule has 1 saturated carbocycles. The van der Waals surface area contributed by atoms with E-state index in [1.807, 2.05) is 30.3 Å². The number of rotatable bonds is 4. The maximum absolute atomic E-state index is 12.3. The summed E-state index contributed by atoms with van der Waals surface area (Å²) < 4.78 is 5.23. The van der Waals surface area contributed by atoms with Crippen LogP contribution in [-0.2, 0) is 9.53 Å². The summed E-state index contributed by atoms with van der Waals surface area (Å²) in [6, 6.07) is 8.67. The number of carbonyl (C=O) groups is 2. The molecule has 0 radical (unpaired) electrons. The molecule has 5 heteroatoms. The first kappa shape index (κ1) is 15.4. The van der Waals surface area contributed by atoms with Crippen molar-refractivity contribution >= 4 is 12.0 Å². The van der Waals surface area contributed by atoms with Crippen LogP contribution in [0, 0.1) is 0 Å². The predicted octanol–water partition coefficient (Wildman–Crippen LogP) is 2.53. The van der Waals surface area contributed by atoms with E-state index in [1.54, 1.807) is 20.8 Å². The number of hydrogen-bond donors (Lipinski definition) is 2. The van der Waals surface area contributed by atoms with Crippen molar-refractivity contribution in [2.45, 2.75) is 51.3 Å². The van der Waals surface area contributed by atoms with Gasteiger partial charge in [0.15, 0.2) is 0 Å². The van der Waals surface area contributed by atoms with E-state index in [-0.39, 0.29) is 11.9 Å². The van der Waals surface area contributed by atoms with Gasteiger partial charge in [0.25, 0.3) is 0 Å². The molecule has 0 aliphatic heterocycles. The molecule has 2 amide bonds. The first-order valence-electron chi connectivity index (χ1n) is 7.20. The van der Waals surface area contributed by atoms with E-state index < -0.39 is 17.7 Å². The monoisotopic (exact) mass is 290 g/mol. The molecule has 114 valence electrons. The van der Waals surface area contributed by atoms with Crippen molar-refractivity contribution in [3.05, 3.63) is 35.9 Å². The van der Waals surface area contributed by atoms with Gasteiger partial charge in [-0.3, -0.25) is 4.79 Å². The fraction of sp³-hybridized carbons (Fsp3) is 0.500. The molecule has 0 heterocycles. The Labute approximate surface area is 125 Å². The molecule has 0 saturated heterocycles. The Kier molecular flexibility index (Phi) is 4.50. The van der Waals surface area contributed by atoms with Crippen LogP contribution in [-0.4, -0.2) is 23.6 Å². The molecule has 0 spiro atoms. The molecule has 1 aliphatic rings. The third-order valence-corrected chi connectivity index (χ3v) is 2.98. The zero-order chi connectivity index (χ0) is 15.5. The van der Waals surface area contributed by atoms with Gasteiger partial charge in [0.05, 0.1) is 0 Å². The summed E-state index contributed by atoms with van der Waals surface area (Å²) in [7, 11) is 0. The van der Waals surface area contributed by atoms with Gasteiger partial charge in [0.1, 0.15) is 11.6 Å². The Hall–Kier alpha value is -2.04. The van der Waals surface area contributed by atoms with Gasteiger partial charge in [-0.15, -0.1) is 0 Å². The Morgan fingerprint density at radius 1 is 1.19 bits per heavy atom. The second-order valence-corrected chi connectivity index (χ2v) is 6.27. The van der Waals surface area contributed by atoms with Crippen molar-refractivity contribution in [1.82, 2.24) is 10.6 Å². The molecule has 1 atom stereocenters. The molecule has 2 rings (SSSR count). The number of alkyl carbamates (subject to hydrolysis) is 1. The molecule has 0 aromatic heterocycles. The average Bonchev–Trinajstić information content (AvgIpc) is 3.18. The van der Waals surface area contributed by atoms with E-state index in [4.69, 9.17) is 4.74 Å². The molecule has 21 heavy (non-hydrogen) atoms. The lowest BCUT2D eigenvalue weighted by atomic mass is 10.1. The van der Waals surface area contributed by atoms with Gasteiger partial charge in [0, 0.05) is 6.04 Å². The highest BCUT2D eigenvalue weighted by molar-refractivity contribution is 5.87. The van der Waals surface area contributed by atoms with Crippen molar-refractivity contribution < 1.29 is 14.3 Å². The van der Waals surface area contributed by atoms with Crippen molar-refractivity contribution in [2.24, 2.45) is 0 Å². The Balaban J connectivity index is 2.08. The average molecular weight is 290 g/mol. The predicted molar refractivity (Wildman–Crippen MR) is 79.7 cm³/mol. The van der Waals surface area contributed by atoms with E-state index >= 15 is 0 Å². The molecule has 1 aliphatic carbocycles. The Morgan fingerprint density at radius 2 is 1.81 bits per heavy atom. The number of amides is 2. The van der Waals surface area contributed by atoms with Gasteiger partial charge in [-0.2, -0.15) is 0 Å². The summed E-state index contributed by atoms with van der Waals surface area (Å²) in [4.78, 5) is 24.2. The number of benzene rings is 1. The molecule has 5 nitrogen and oxygen atoms in total. The number of hydrogen-bond acceptors (Lipinski definition) is 3. The van der Waals surface area contributed by atoms with E-state index in [9.17, 15) is 9.59 Å². The van der Waals surface area contributed by atoms with Crippen LogP contribution < -0.4 is 10.6 Å². The largest absolute Gasteiger partial charge is 0.444 e. The minimum atomic E-state index is -0.735. The minimum Gasteiger partial charge on any atom is -0.444 e. The van der Waals surface area contributed by atoms with Gasteiger partial charge in [-0.1, -0.05) is 30.3 Å². The zero-order valence-corrected chi connectivity index (χ0v) is 12.7. The molecule has 0 bridgehead atoms. The second kappa shape index (κ2) is 6.16.